The standard InChI is InChI=1S/C10H11OS/c1-2-4-9(5-3-1)7-12-8-10-6-11-10/h2-5,10H,6-8H2. The summed E-state index contributed by atoms with van der Waals surface area (Å²) in [6, 6.07) is 11.2. The molecule has 1 fully saturated rings. The largest absolute Gasteiger partial charge is 0.372 e. The van der Waals surface area contributed by atoms with Gasteiger partial charge in [-0.05, 0) is 11.6 Å². The predicted octanol–water partition coefficient (Wildman–Crippen LogP) is 2.12. The molecule has 0 N–H and O–H groups in total. The third-order valence-electron chi connectivity index (χ3n) is 1.76. The Labute approximate surface area is 77.1 Å². The Kier molecular flexibility index (Phi) is 2.69. The maximum atomic E-state index is 5.12. The maximum Gasteiger partial charge on any atom is 0.0900 e. The SMILES string of the molecule is [c]1ccc(CSCC2CO2)cc1. The summed E-state index contributed by atoms with van der Waals surface area (Å²) in [7, 11) is 0. The van der Waals surface area contributed by atoms with E-state index in [0.29, 0.717) is 6.10 Å². The lowest BCUT2D eigenvalue weighted by Crippen LogP contribution is -1.89. The number of ether oxygens (including phenoxy) is 1. The number of benzene rings is 1. The van der Waals surface area contributed by atoms with Gasteiger partial charge in [0.2, 0.25) is 0 Å². The van der Waals surface area contributed by atoms with E-state index in [1.807, 2.05) is 23.9 Å². The van der Waals surface area contributed by atoms with Crippen LogP contribution >= 0.6 is 11.8 Å². The second-order valence-electron chi connectivity index (χ2n) is 2.88. The highest BCUT2D eigenvalue weighted by molar-refractivity contribution is 7.98. The zero-order chi connectivity index (χ0) is 8.23. The van der Waals surface area contributed by atoms with Gasteiger partial charge >= 0.3 is 0 Å². The van der Waals surface area contributed by atoms with Crippen molar-refractivity contribution < 1.29 is 4.74 Å². The molecule has 2 rings (SSSR count). The quantitative estimate of drug-likeness (QED) is 0.656. The second kappa shape index (κ2) is 3.97. The Morgan fingerprint density at radius 2 is 2.25 bits per heavy atom. The molecule has 1 saturated heterocycles. The summed E-state index contributed by atoms with van der Waals surface area (Å²) in [5.74, 6) is 2.23. The number of hydrogen-bond donors (Lipinski definition) is 0. The van der Waals surface area contributed by atoms with E-state index in [-0.39, 0.29) is 0 Å². The first-order valence-corrected chi connectivity index (χ1v) is 5.25. The average Bonchev–Trinajstić information content (AvgIpc) is 2.90. The van der Waals surface area contributed by atoms with Crippen molar-refractivity contribution in [2.45, 2.75) is 11.9 Å². The first-order chi connectivity index (χ1) is 5.95. The first-order valence-electron chi connectivity index (χ1n) is 4.09. The van der Waals surface area contributed by atoms with E-state index in [9.17, 15) is 0 Å². The molecular weight excluding hydrogens is 168 g/mol. The minimum absolute atomic E-state index is 0.547. The summed E-state index contributed by atoms with van der Waals surface area (Å²) in [5.41, 5.74) is 1.37. The van der Waals surface area contributed by atoms with E-state index in [0.717, 1.165) is 18.1 Å². The molecule has 1 radical (unpaired) electrons. The van der Waals surface area contributed by atoms with Crippen molar-refractivity contribution in [2.75, 3.05) is 12.4 Å². The predicted molar refractivity (Wildman–Crippen MR) is 51.2 cm³/mol. The van der Waals surface area contributed by atoms with Gasteiger partial charge in [-0.25, -0.2) is 0 Å². The van der Waals surface area contributed by atoms with Gasteiger partial charge < -0.3 is 4.74 Å². The Bertz CT molecular complexity index is 231. The van der Waals surface area contributed by atoms with Gasteiger partial charge in [0.05, 0.1) is 12.7 Å². The third kappa shape index (κ3) is 2.54. The molecule has 1 unspecified atom stereocenters. The van der Waals surface area contributed by atoms with Gasteiger partial charge in [-0.15, -0.1) is 0 Å². The van der Waals surface area contributed by atoms with Crippen LogP contribution in [0.2, 0.25) is 0 Å². The summed E-state index contributed by atoms with van der Waals surface area (Å²) >= 11 is 1.94. The number of hydrogen-bond acceptors (Lipinski definition) is 2. The van der Waals surface area contributed by atoms with Gasteiger partial charge in [0.25, 0.3) is 0 Å². The fraction of sp³-hybridized carbons (Fsp3) is 0.400. The van der Waals surface area contributed by atoms with Gasteiger partial charge in [0.15, 0.2) is 0 Å². The molecule has 1 aromatic rings. The summed E-state index contributed by atoms with van der Waals surface area (Å²) in [6.07, 6.45) is 0.547. The molecule has 0 amide bonds. The highest BCUT2D eigenvalue weighted by Gasteiger charge is 2.21. The fourth-order valence-electron chi connectivity index (χ4n) is 0.990. The van der Waals surface area contributed by atoms with Gasteiger partial charge in [-0.1, -0.05) is 24.3 Å². The summed E-state index contributed by atoms with van der Waals surface area (Å²) in [4.78, 5) is 0. The van der Waals surface area contributed by atoms with Crippen LogP contribution in [-0.2, 0) is 10.5 Å². The molecule has 0 aromatic heterocycles. The van der Waals surface area contributed by atoms with Crippen molar-refractivity contribution in [3.8, 4) is 0 Å². The molecule has 1 aliphatic heterocycles. The molecule has 0 aliphatic carbocycles. The molecule has 2 heteroatoms. The van der Waals surface area contributed by atoms with E-state index in [1.54, 1.807) is 0 Å². The molecule has 1 nitrogen and oxygen atoms in total. The molecule has 1 heterocycles. The topological polar surface area (TPSA) is 12.5 Å². The van der Waals surface area contributed by atoms with Gasteiger partial charge in [-0.2, -0.15) is 11.8 Å². The molecule has 63 valence electrons. The van der Waals surface area contributed by atoms with Crippen LogP contribution in [-0.4, -0.2) is 18.5 Å². The molecule has 1 atom stereocenters. The van der Waals surface area contributed by atoms with Crippen LogP contribution in [0.5, 0.6) is 0 Å². The van der Waals surface area contributed by atoms with Crippen molar-refractivity contribution >= 4 is 11.8 Å². The van der Waals surface area contributed by atoms with Crippen LogP contribution in [0.15, 0.2) is 24.3 Å². The number of rotatable bonds is 4. The molecule has 1 aromatic carbocycles. The van der Waals surface area contributed by atoms with Gasteiger partial charge in [-0.3, -0.25) is 0 Å². The summed E-state index contributed by atoms with van der Waals surface area (Å²) < 4.78 is 5.12. The van der Waals surface area contributed by atoms with Gasteiger partial charge in [0, 0.05) is 11.5 Å². The van der Waals surface area contributed by atoms with Crippen molar-refractivity contribution in [1.82, 2.24) is 0 Å². The minimum atomic E-state index is 0.547. The lowest BCUT2D eigenvalue weighted by Gasteiger charge is -1.98. The Morgan fingerprint density at radius 3 is 2.92 bits per heavy atom. The van der Waals surface area contributed by atoms with E-state index in [2.05, 4.69) is 18.2 Å². The number of epoxide rings is 1. The Morgan fingerprint density at radius 1 is 1.50 bits per heavy atom. The summed E-state index contributed by atoms with van der Waals surface area (Å²) in [6.45, 7) is 0.968. The minimum Gasteiger partial charge on any atom is -0.372 e. The highest BCUT2D eigenvalue weighted by Crippen LogP contribution is 2.19. The lowest BCUT2D eigenvalue weighted by atomic mass is 10.2. The number of thioether (sulfide) groups is 1. The lowest BCUT2D eigenvalue weighted by molar-refractivity contribution is 0.426. The van der Waals surface area contributed by atoms with Crippen LogP contribution in [0.4, 0.5) is 0 Å². The Balaban J connectivity index is 1.72. The monoisotopic (exact) mass is 179 g/mol. The third-order valence-corrected chi connectivity index (χ3v) is 2.91. The average molecular weight is 179 g/mol. The zero-order valence-electron chi connectivity index (χ0n) is 6.82. The van der Waals surface area contributed by atoms with Crippen molar-refractivity contribution in [3.63, 3.8) is 0 Å². The second-order valence-corrected chi connectivity index (χ2v) is 3.91. The fourth-order valence-corrected chi connectivity index (χ4v) is 1.99. The highest BCUT2D eigenvalue weighted by atomic mass is 32.2. The van der Waals surface area contributed by atoms with Crippen LogP contribution in [0.1, 0.15) is 5.56 Å². The van der Waals surface area contributed by atoms with Gasteiger partial charge in [0.1, 0.15) is 0 Å². The molecule has 0 spiro atoms. The molecular formula is C10H11OS. The van der Waals surface area contributed by atoms with Crippen LogP contribution < -0.4 is 0 Å². The molecule has 12 heavy (non-hydrogen) atoms. The smallest absolute Gasteiger partial charge is 0.0900 e. The molecule has 1 aliphatic rings. The summed E-state index contributed by atoms with van der Waals surface area (Å²) in [5, 5.41) is 0. The van der Waals surface area contributed by atoms with E-state index >= 15 is 0 Å². The van der Waals surface area contributed by atoms with E-state index in [1.165, 1.54) is 5.56 Å². The maximum absolute atomic E-state index is 5.12. The van der Waals surface area contributed by atoms with Crippen molar-refractivity contribution in [1.29, 1.82) is 0 Å². The van der Waals surface area contributed by atoms with Crippen molar-refractivity contribution in [3.05, 3.63) is 35.9 Å². The van der Waals surface area contributed by atoms with Crippen LogP contribution in [0, 0.1) is 6.07 Å². The normalized spacial score (nSPS) is 20.8. The van der Waals surface area contributed by atoms with E-state index < -0.39 is 0 Å². The first kappa shape index (κ1) is 8.14. The van der Waals surface area contributed by atoms with Crippen molar-refractivity contribution in [2.24, 2.45) is 0 Å². The molecule has 0 saturated carbocycles. The van der Waals surface area contributed by atoms with Crippen LogP contribution in [0.25, 0.3) is 0 Å². The van der Waals surface area contributed by atoms with E-state index in [4.69, 9.17) is 4.74 Å². The zero-order valence-corrected chi connectivity index (χ0v) is 7.64. The Hall–Kier alpha value is -0.470. The van der Waals surface area contributed by atoms with Crippen LogP contribution in [0.3, 0.4) is 0 Å². The molecule has 0 bridgehead atoms.